The summed E-state index contributed by atoms with van der Waals surface area (Å²) in [4.78, 5) is 29.5. The molecule has 4 aromatic rings. The summed E-state index contributed by atoms with van der Waals surface area (Å²) in [6.45, 7) is 4.21. The molecule has 0 bridgehead atoms. The number of rotatable bonds is 7. The minimum absolute atomic E-state index is 0.0486. The average Bonchev–Trinajstić information content (AvgIpc) is 3.12. The second-order valence-electron chi connectivity index (χ2n) is 9.22. The van der Waals surface area contributed by atoms with Gasteiger partial charge in [-0.15, -0.1) is 0 Å². The van der Waals surface area contributed by atoms with E-state index in [1.54, 1.807) is 0 Å². The molecule has 188 valence electrons. The maximum Gasteiger partial charge on any atom is 0.440 e. The predicted octanol–water partition coefficient (Wildman–Crippen LogP) is 4.67. The van der Waals surface area contributed by atoms with Gasteiger partial charge in [0.05, 0.1) is 12.1 Å². The number of hydrogen-bond donors (Lipinski definition) is 1. The molecule has 0 aliphatic heterocycles. The number of aryl methyl sites for hydroxylation is 1. The third-order valence-electron chi connectivity index (χ3n) is 6.65. The van der Waals surface area contributed by atoms with Gasteiger partial charge in [-0.1, -0.05) is 25.1 Å². The van der Waals surface area contributed by atoms with Crippen molar-refractivity contribution in [2.24, 2.45) is 5.92 Å². The number of nitrogens with one attached hydrogen (secondary N) is 1. The smallest absolute Gasteiger partial charge is 0.440 e. The van der Waals surface area contributed by atoms with Crippen LogP contribution < -0.4 is 16.2 Å². The van der Waals surface area contributed by atoms with Crippen molar-refractivity contribution in [2.45, 2.75) is 45.0 Å². The van der Waals surface area contributed by atoms with Crippen molar-refractivity contribution in [3.63, 3.8) is 0 Å². The Kier molecular flexibility index (Phi) is 5.65. The molecule has 0 saturated heterocycles. The van der Waals surface area contributed by atoms with E-state index in [0.717, 1.165) is 28.0 Å². The maximum atomic E-state index is 13.2. The average molecular weight is 501 g/mol. The highest BCUT2D eigenvalue weighted by atomic mass is 19.4. The third-order valence-corrected chi connectivity index (χ3v) is 6.65. The Morgan fingerprint density at radius 3 is 2.58 bits per heavy atom. The SMILES string of the molecule is Cc1cc(OCc2cocn2)c(-c2ccc(C(F)(F)F)cc2)c(C2(C)CC2Cn2oc(=O)[nH]c2=O)c1. The van der Waals surface area contributed by atoms with Gasteiger partial charge in [-0.25, -0.2) is 19.6 Å². The molecule has 2 heterocycles. The summed E-state index contributed by atoms with van der Waals surface area (Å²) in [7, 11) is 0. The van der Waals surface area contributed by atoms with Gasteiger partial charge < -0.3 is 13.7 Å². The van der Waals surface area contributed by atoms with Crippen LogP contribution in [0.3, 0.4) is 0 Å². The van der Waals surface area contributed by atoms with Crippen LogP contribution in [0.1, 0.15) is 35.7 Å². The molecule has 0 spiro atoms. The number of ether oxygens (including phenoxy) is 1. The maximum absolute atomic E-state index is 13.2. The fourth-order valence-electron chi connectivity index (χ4n) is 4.58. The van der Waals surface area contributed by atoms with Crippen molar-refractivity contribution in [3.8, 4) is 16.9 Å². The van der Waals surface area contributed by atoms with E-state index in [2.05, 4.69) is 9.97 Å². The fourth-order valence-corrected chi connectivity index (χ4v) is 4.58. The highest BCUT2D eigenvalue weighted by molar-refractivity contribution is 5.77. The molecule has 36 heavy (non-hydrogen) atoms. The molecule has 1 N–H and O–H groups in total. The summed E-state index contributed by atoms with van der Waals surface area (Å²) in [5.41, 5.74) is 1.73. The molecule has 11 heteroatoms. The van der Waals surface area contributed by atoms with Crippen LogP contribution in [0.15, 0.2) is 67.6 Å². The second kappa shape index (κ2) is 8.58. The Balaban J connectivity index is 1.56. The van der Waals surface area contributed by atoms with Gasteiger partial charge >= 0.3 is 17.6 Å². The van der Waals surface area contributed by atoms with Gasteiger partial charge in [-0.2, -0.15) is 17.9 Å². The lowest BCUT2D eigenvalue weighted by atomic mass is 9.85. The highest BCUT2D eigenvalue weighted by Crippen LogP contribution is 2.58. The van der Waals surface area contributed by atoms with E-state index in [1.165, 1.54) is 24.8 Å². The van der Waals surface area contributed by atoms with E-state index >= 15 is 0 Å². The molecule has 2 aromatic heterocycles. The minimum Gasteiger partial charge on any atom is -0.487 e. The molecule has 2 unspecified atom stereocenters. The Bertz CT molecular complexity index is 1500. The van der Waals surface area contributed by atoms with Crippen LogP contribution >= 0.6 is 0 Å². The number of nitrogens with zero attached hydrogens (tertiary/aromatic N) is 2. The molecule has 5 rings (SSSR count). The van der Waals surface area contributed by atoms with Gasteiger partial charge in [0, 0.05) is 5.56 Å². The van der Waals surface area contributed by atoms with Crippen molar-refractivity contribution in [2.75, 3.05) is 0 Å². The van der Waals surface area contributed by atoms with Crippen LogP contribution in [0.4, 0.5) is 13.2 Å². The first-order chi connectivity index (χ1) is 17.0. The van der Waals surface area contributed by atoms with Crippen molar-refractivity contribution in [1.29, 1.82) is 0 Å². The van der Waals surface area contributed by atoms with E-state index in [9.17, 15) is 22.8 Å². The summed E-state index contributed by atoms with van der Waals surface area (Å²) < 4.78 is 56.6. The lowest BCUT2D eigenvalue weighted by Crippen LogP contribution is -2.20. The first-order valence-corrected chi connectivity index (χ1v) is 11.2. The third kappa shape index (κ3) is 4.48. The molecular weight excluding hydrogens is 479 g/mol. The molecular formula is C25H22F3N3O5. The Hall–Kier alpha value is -4.02. The largest absolute Gasteiger partial charge is 0.487 e. The van der Waals surface area contributed by atoms with Crippen molar-refractivity contribution in [3.05, 3.63) is 92.5 Å². The van der Waals surface area contributed by atoms with Crippen LogP contribution in [0.2, 0.25) is 0 Å². The van der Waals surface area contributed by atoms with Crippen molar-refractivity contribution >= 4 is 0 Å². The molecule has 0 amide bonds. The lowest BCUT2D eigenvalue weighted by Gasteiger charge is -2.22. The van der Waals surface area contributed by atoms with E-state index in [0.29, 0.717) is 29.0 Å². The first-order valence-electron chi connectivity index (χ1n) is 11.2. The summed E-state index contributed by atoms with van der Waals surface area (Å²) in [5, 5.41) is 0. The van der Waals surface area contributed by atoms with Gasteiger partial charge in [-0.05, 0) is 59.6 Å². The zero-order valence-electron chi connectivity index (χ0n) is 19.4. The number of aromatic amines is 1. The topological polar surface area (TPSA) is 103 Å². The molecule has 0 radical (unpaired) electrons. The molecule has 2 aromatic carbocycles. The van der Waals surface area contributed by atoms with Crippen molar-refractivity contribution in [1.82, 2.24) is 14.7 Å². The lowest BCUT2D eigenvalue weighted by molar-refractivity contribution is -0.137. The number of alkyl halides is 3. The van der Waals surface area contributed by atoms with Gasteiger partial charge in [0.15, 0.2) is 6.39 Å². The predicted molar refractivity (Wildman–Crippen MR) is 121 cm³/mol. The number of hydrogen-bond acceptors (Lipinski definition) is 6. The highest BCUT2D eigenvalue weighted by Gasteiger charge is 2.53. The quantitative estimate of drug-likeness (QED) is 0.395. The molecule has 1 aliphatic rings. The minimum atomic E-state index is -4.46. The Morgan fingerprint density at radius 2 is 1.97 bits per heavy atom. The van der Waals surface area contributed by atoms with Crippen molar-refractivity contribution < 1.29 is 26.8 Å². The van der Waals surface area contributed by atoms with E-state index in [-0.39, 0.29) is 19.1 Å². The number of oxazole rings is 1. The first kappa shape index (κ1) is 23.7. The second-order valence-corrected chi connectivity index (χ2v) is 9.22. The van der Waals surface area contributed by atoms with Crippen LogP contribution in [-0.2, 0) is 24.7 Å². The number of benzene rings is 2. The molecule has 1 saturated carbocycles. The summed E-state index contributed by atoms with van der Waals surface area (Å²) >= 11 is 0. The van der Waals surface area contributed by atoms with E-state index in [1.807, 2.05) is 26.0 Å². The Labute approximate surface area is 202 Å². The van der Waals surface area contributed by atoms with Gasteiger partial charge in [-0.3, -0.25) is 0 Å². The number of H-pyrrole nitrogens is 1. The standard InChI is InChI=1S/C25H22F3N3O5/c1-14-7-19(24(2)9-17(24)10-31-22(32)30-23(33)36-31)21(15-3-5-16(6-4-15)25(26,27)28)20(8-14)35-12-18-11-34-13-29-18/h3-8,11,13,17H,9-10,12H2,1-2H3,(H,30,32,33). The molecule has 1 aliphatic carbocycles. The normalized spacial score (nSPS) is 19.4. The summed E-state index contributed by atoms with van der Waals surface area (Å²) in [6, 6.07) is 8.74. The summed E-state index contributed by atoms with van der Waals surface area (Å²) in [6.07, 6.45) is -1.04. The van der Waals surface area contributed by atoms with E-state index < -0.39 is 28.6 Å². The number of halogens is 3. The summed E-state index contributed by atoms with van der Waals surface area (Å²) in [5.74, 6) is -0.385. The molecule has 8 nitrogen and oxygen atoms in total. The van der Waals surface area contributed by atoms with Gasteiger partial charge in [0.1, 0.15) is 24.3 Å². The monoisotopic (exact) mass is 501 g/mol. The zero-order valence-corrected chi connectivity index (χ0v) is 19.4. The van der Waals surface area contributed by atoms with Crippen LogP contribution in [0.5, 0.6) is 5.75 Å². The zero-order chi connectivity index (χ0) is 25.7. The number of aromatic nitrogens is 3. The van der Waals surface area contributed by atoms with Crippen LogP contribution in [0, 0.1) is 12.8 Å². The Morgan fingerprint density at radius 1 is 1.22 bits per heavy atom. The molecule has 1 fully saturated rings. The van der Waals surface area contributed by atoms with Gasteiger partial charge in [0.25, 0.3) is 0 Å². The van der Waals surface area contributed by atoms with Crippen LogP contribution in [-0.4, -0.2) is 14.7 Å². The fraction of sp³-hybridized carbons (Fsp3) is 0.320. The van der Waals surface area contributed by atoms with Gasteiger partial charge in [0.2, 0.25) is 0 Å². The molecule has 2 atom stereocenters. The van der Waals surface area contributed by atoms with Crippen LogP contribution in [0.25, 0.3) is 11.1 Å². The van der Waals surface area contributed by atoms with E-state index in [4.69, 9.17) is 13.7 Å².